The van der Waals surface area contributed by atoms with Crippen LogP contribution in [0.1, 0.15) is 0 Å². The monoisotopic (exact) mass is 233 g/mol. The highest BCUT2D eigenvalue weighted by Crippen LogP contribution is 2.18. The zero-order valence-corrected chi connectivity index (χ0v) is 9.46. The van der Waals surface area contributed by atoms with Gasteiger partial charge in [-0.15, -0.1) is 0 Å². The van der Waals surface area contributed by atoms with Crippen molar-refractivity contribution in [2.45, 2.75) is 6.04 Å². The highest BCUT2D eigenvalue weighted by atomic mass is 16.5. The summed E-state index contributed by atoms with van der Waals surface area (Å²) in [5, 5.41) is 17.5. The molecule has 6 heteroatoms. The van der Waals surface area contributed by atoms with Gasteiger partial charge in [-0.1, -0.05) is 0 Å². The van der Waals surface area contributed by atoms with Crippen molar-refractivity contribution in [1.82, 2.24) is 4.90 Å². The Kier molecular flexibility index (Phi) is 5.68. The predicted octanol–water partition coefficient (Wildman–Crippen LogP) is -0.973. The van der Waals surface area contributed by atoms with Gasteiger partial charge in [-0.05, 0) is 7.05 Å². The third-order valence-electron chi connectivity index (χ3n) is 2.76. The highest BCUT2D eigenvalue weighted by molar-refractivity contribution is 5.71. The fourth-order valence-electron chi connectivity index (χ4n) is 1.75. The summed E-state index contributed by atoms with van der Waals surface area (Å²) >= 11 is 0. The van der Waals surface area contributed by atoms with Crippen LogP contribution in [0.15, 0.2) is 0 Å². The van der Waals surface area contributed by atoms with E-state index < -0.39 is 11.9 Å². The number of aliphatic hydroxyl groups is 1. The van der Waals surface area contributed by atoms with Crippen molar-refractivity contribution in [2.24, 2.45) is 5.92 Å². The van der Waals surface area contributed by atoms with E-state index in [1.165, 1.54) is 0 Å². The third kappa shape index (κ3) is 3.71. The molecule has 0 aromatic carbocycles. The molecule has 1 heterocycles. The zero-order chi connectivity index (χ0) is 12.0. The molecule has 1 rings (SSSR count). The number of aliphatic hydroxyl groups excluding tert-OH is 1. The van der Waals surface area contributed by atoms with E-state index in [1.54, 1.807) is 0 Å². The molecule has 0 aliphatic carbocycles. The van der Waals surface area contributed by atoms with E-state index in [-0.39, 0.29) is 19.3 Å². The number of carboxylic acid groups (broad SMARTS) is 1. The minimum absolute atomic E-state index is 0.00794. The molecule has 0 saturated carbocycles. The van der Waals surface area contributed by atoms with Crippen molar-refractivity contribution in [3.05, 3.63) is 0 Å². The molecule has 2 N–H and O–H groups in total. The Morgan fingerprint density at radius 1 is 1.50 bits per heavy atom. The first-order valence-electron chi connectivity index (χ1n) is 5.36. The summed E-state index contributed by atoms with van der Waals surface area (Å²) in [4.78, 5) is 12.9. The van der Waals surface area contributed by atoms with Crippen molar-refractivity contribution < 1.29 is 24.5 Å². The van der Waals surface area contributed by atoms with Gasteiger partial charge >= 0.3 is 5.97 Å². The summed E-state index contributed by atoms with van der Waals surface area (Å²) in [5.74, 6) is -1.27. The van der Waals surface area contributed by atoms with E-state index in [4.69, 9.17) is 19.7 Å². The van der Waals surface area contributed by atoms with Gasteiger partial charge in [-0.3, -0.25) is 9.69 Å². The summed E-state index contributed by atoms with van der Waals surface area (Å²) in [7, 11) is 1.86. The Morgan fingerprint density at radius 3 is 2.88 bits per heavy atom. The quantitative estimate of drug-likeness (QED) is 0.551. The average molecular weight is 233 g/mol. The van der Waals surface area contributed by atoms with Crippen LogP contribution in [0.5, 0.6) is 0 Å². The van der Waals surface area contributed by atoms with Gasteiger partial charge in [0.05, 0.1) is 39.0 Å². The highest BCUT2D eigenvalue weighted by Gasteiger charge is 2.36. The Balaban J connectivity index is 2.29. The van der Waals surface area contributed by atoms with Crippen LogP contribution in [0.25, 0.3) is 0 Å². The first kappa shape index (κ1) is 13.4. The molecule has 1 saturated heterocycles. The predicted molar refractivity (Wildman–Crippen MR) is 56.3 cm³/mol. The largest absolute Gasteiger partial charge is 0.481 e. The molecule has 0 radical (unpaired) electrons. The Labute approximate surface area is 94.8 Å². The third-order valence-corrected chi connectivity index (χ3v) is 2.76. The fraction of sp³-hybridized carbons (Fsp3) is 0.900. The van der Waals surface area contributed by atoms with Gasteiger partial charge in [0.25, 0.3) is 0 Å². The number of rotatable bonds is 7. The van der Waals surface area contributed by atoms with Gasteiger partial charge in [0.15, 0.2) is 0 Å². The Morgan fingerprint density at radius 2 is 2.25 bits per heavy atom. The average Bonchev–Trinajstić information content (AvgIpc) is 2.73. The maximum atomic E-state index is 10.9. The summed E-state index contributed by atoms with van der Waals surface area (Å²) in [6, 6.07) is -0.0878. The van der Waals surface area contributed by atoms with Crippen molar-refractivity contribution in [3.63, 3.8) is 0 Å². The molecule has 0 aromatic rings. The first-order chi connectivity index (χ1) is 7.66. The van der Waals surface area contributed by atoms with E-state index in [9.17, 15) is 4.79 Å². The zero-order valence-electron chi connectivity index (χ0n) is 9.46. The number of carboxylic acids is 1. The molecule has 1 aliphatic heterocycles. The van der Waals surface area contributed by atoms with Crippen LogP contribution >= 0.6 is 0 Å². The van der Waals surface area contributed by atoms with Gasteiger partial charge < -0.3 is 19.7 Å². The minimum Gasteiger partial charge on any atom is -0.481 e. The summed E-state index contributed by atoms with van der Waals surface area (Å²) < 4.78 is 10.3. The van der Waals surface area contributed by atoms with Gasteiger partial charge in [-0.25, -0.2) is 0 Å². The van der Waals surface area contributed by atoms with Crippen LogP contribution < -0.4 is 0 Å². The van der Waals surface area contributed by atoms with E-state index in [0.717, 1.165) is 0 Å². The van der Waals surface area contributed by atoms with E-state index >= 15 is 0 Å². The second-order valence-electron chi connectivity index (χ2n) is 3.87. The van der Waals surface area contributed by atoms with Crippen molar-refractivity contribution in [1.29, 1.82) is 0 Å². The Hall–Kier alpha value is -0.690. The molecule has 2 atom stereocenters. The Bertz CT molecular complexity index is 223. The molecule has 0 spiro atoms. The van der Waals surface area contributed by atoms with Gasteiger partial charge in [-0.2, -0.15) is 0 Å². The number of likely N-dealkylation sites (N-methyl/N-ethyl adjacent to an activating group) is 1. The summed E-state index contributed by atoms with van der Waals surface area (Å²) in [6.07, 6.45) is 0. The molecule has 1 aliphatic rings. The minimum atomic E-state index is -0.814. The molecular weight excluding hydrogens is 214 g/mol. The van der Waals surface area contributed by atoms with E-state index in [0.29, 0.717) is 26.4 Å². The second kappa shape index (κ2) is 6.80. The van der Waals surface area contributed by atoms with Crippen molar-refractivity contribution in [2.75, 3.05) is 46.6 Å². The molecule has 0 amide bonds. The lowest BCUT2D eigenvalue weighted by Gasteiger charge is -2.25. The molecule has 2 unspecified atom stereocenters. The number of ether oxygens (including phenoxy) is 2. The van der Waals surface area contributed by atoms with Crippen molar-refractivity contribution >= 4 is 5.97 Å². The second-order valence-corrected chi connectivity index (χ2v) is 3.87. The number of carbonyl (C=O) groups is 1. The summed E-state index contributed by atoms with van der Waals surface area (Å²) in [6.45, 7) is 2.18. The maximum absolute atomic E-state index is 10.9. The normalized spacial score (nSPS) is 25.2. The lowest BCUT2D eigenvalue weighted by molar-refractivity contribution is -0.143. The molecular formula is C10H19NO5. The van der Waals surface area contributed by atoms with Crippen LogP contribution in [0.3, 0.4) is 0 Å². The van der Waals surface area contributed by atoms with Crippen LogP contribution in [0.2, 0.25) is 0 Å². The molecule has 0 aromatic heterocycles. The summed E-state index contributed by atoms with van der Waals surface area (Å²) in [5.41, 5.74) is 0. The lowest BCUT2D eigenvalue weighted by Crippen LogP contribution is -2.42. The molecule has 94 valence electrons. The van der Waals surface area contributed by atoms with Crippen molar-refractivity contribution in [3.8, 4) is 0 Å². The topological polar surface area (TPSA) is 79.2 Å². The molecule has 0 bridgehead atoms. The van der Waals surface area contributed by atoms with Crippen LogP contribution in [0.4, 0.5) is 0 Å². The smallest absolute Gasteiger partial charge is 0.310 e. The fourth-order valence-corrected chi connectivity index (χ4v) is 1.75. The SMILES string of the molecule is CN(CCOCCO)C1COCC1C(=O)O. The van der Waals surface area contributed by atoms with E-state index in [2.05, 4.69) is 0 Å². The molecule has 6 nitrogen and oxygen atoms in total. The van der Waals surface area contributed by atoms with Gasteiger partial charge in [0.1, 0.15) is 0 Å². The van der Waals surface area contributed by atoms with Crippen LogP contribution in [-0.2, 0) is 14.3 Å². The van der Waals surface area contributed by atoms with Gasteiger partial charge in [0.2, 0.25) is 0 Å². The van der Waals surface area contributed by atoms with Crippen LogP contribution in [-0.4, -0.2) is 73.8 Å². The molecule has 1 fully saturated rings. The maximum Gasteiger partial charge on any atom is 0.310 e. The van der Waals surface area contributed by atoms with E-state index in [1.807, 2.05) is 11.9 Å². The first-order valence-corrected chi connectivity index (χ1v) is 5.36. The molecule has 16 heavy (non-hydrogen) atoms. The number of aliphatic carboxylic acids is 1. The number of hydrogen-bond donors (Lipinski definition) is 2. The number of hydrogen-bond acceptors (Lipinski definition) is 5. The lowest BCUT2D eigenvalue weighted by atomic mass is 10.0. The number of nitrogens with zero attached hydrogens (tertiary/aromatic N) is 1. The van der Waals surface area contributed by atoms with Crippen LogP contribution in [0, 0.1) is 5.92 Å². The standard InChI is InChI=1S/C10H19NO5/c1-11(2-4-15-5-3-12)9-7-16-6-8(9)10(13)14/h8-9,12H,2-7H2,1H3,(H,13,14). The van der Waals surface area contributed by atoms with Gasteiger partial charge in [0, 0.05) is 12.6 Å².